The van der Waals surface area contributed by atoms with Crippen LogP contribution >= 0.6 is 23.1 Å². The number of thioether (sulfide) groups is 1. The molecule has 0 radical (unpaired) electrons. The van der Waals surface area contributed by atoms with E-state index in [1.807, 2.05) is 31.4 Å². The normalized spacial score (nSPS) is 12.1. The lowest BCUT2D eigenvalue weighted by Crippen LogP contribution is -2.33. The zero-order valence-electron chi connectivity index (χ0n) is 12.3. The summed E-state index contributed by atoms with van der Waals surface area (Å²) in [5.41, 5.74) is 0. The maximum Gasteiger partial charge on any atom is 0.316 e. The monoisotopic (exact) mass is 327 g/mol. The van der Waals surface area contributed by atoms with E-state index >= 15 is 0 Å². The van der Waals surface area contributed by atoms with Gasteiger partial charge in [0.2, 0.25) is 5.91 Å². The van der Waals surface area contributed by atoms with Gasteiger partial charge in [-0.2, -0.15) is 0 Å². The second kappa shape index (κ2) is 8.89. The van der Waals surface area contributed by atoms with Crippen LogP contribution in [0, 0.1) is 5.92 Å². The van der Waals surface area contributed by atoms with E-state index in [0.29, 0.717) is 13.1 Å². The first-order valence-corrected chi connectivity index (χ1v) is 8.64. The summed E-state index contributed by atoms with van der Waals surface area (Å²) in [7, 11) is 0. The molecule has 0 bridgehead atoms. The molecule has 6 heteroatoms. The molecule has 1 aromatic rings. The Morgan fingerprint density at radius 1 is 1.52 bits per heavy atom. The third-order valence-corrected chi connectivity index (χ3v) is 5.24. The van der Waals surface area contributed by atoms with Crippen LogP contribution < -0.4 is 0 Å². The standard InChI is InChI=1S/C15H21NO3S2/c1-4-7-16(9-12-6-5-8-20-12)13(17)10-21-14(11(2)3)15(18)19/h4-6,8,11,14H,1,7,9-10H2,2-3H3,(H,18,19). The van der Waals surface area contributed by atoms with Gasteiger partial charge in [0.05, 0.1) is 12.3 Å². The molecule has 0 aliphatic heterocycles. The average Bonchev–Trinajstić information content (AvgIpc) is 2.90. The summed E-state index contributed by atoms with van der Waals surface area (Å²) in [6.45, 7) is 8.39. The molecule has 1 atom stereocenters. The minimum absolute atomic E-state index is 0.00884. The van der Waals surface area contributed by atoms with Gasteiger partial charge in [0.1, 0.15) is 5.25 Å². The number of rotatable bonds is 9. The molecule has 21 heavy (non-hydrogen) atoms. The third kappa shape index (κ3) is 5.93. The predicted molar refractivity (Wildman–Crippen MR) is 88.7 cm³/mol. The zero-order chi connectivity index (χ0) is 15.8. The number of amides is 1. The summed E-state index contributed by atoms with van der Waals surface area (Å²) >= 11 is 2.79. The molecule has 1 N–H and O–H groups in total. The highest BCUT2D eigenvalue weighted by atomic mass is 32.2. The Bertz CT molecular complexity index is 471. The fraction of sp³-hybridized carbons (Fsp3) is 0.467. The lowest BCUT2D eigenvalue weighted by Gasteiger charge is -2.22. The highest BCUT2D eigenvalue weighted by Gasteiger charge is 2.24. The summed E-state index contributed by atoms with van der Waals surface area (Å²) in [5.74, 6) is -0.754. The first-order chi connectivity index (χ1) is 9.95. The first kappa shape index (κ1) is 17.8. The number of carboxylic acids is 1. The molecule has 0 aliphatic carbocycles. The number of hydrogen-bond acceptors (Lipinski definition) is 4. The fourth-order valence-corrected chi connectivity index (χ4v) is 3.55. The van der Waals surface area contributed by atoms with Crippen LogP contribution in [0.1, 0.15) is 18.7 Å². The molecule has 116 valence electrons. The molecule has 0 saturated carbocycles. The van der Waals surface area contributed by atoms with Crippen molar-refractivity contribution in [1.82, 2.24) is 4.90 Å². The van der Waals surface area contributed by atoms with Crippen molar-refractivity contribution in [1.29, 1.82) is 0 Å². The smallest absolute Gasteiger partial charge is 0.316 e. The number of thiophene rings is 1. The summed E-state index contributed by atoms with van der Waals surface area (Å²) in [5, 5.41) is 10.6. The van der Waals surface area contributed by atoms with E-state index in [4.69, 9.17) is 5.11 Å². The van der Waals surface area contributed by atoms with Gasteiger partial charge in [0.15, 0.2) is 0 Å². The maximum absolute atomic E-state index is 12.3. The Hall–Kier alpha value is -1.27. The molecule has 1 rings (SSSR count). The predicted octanol–water partition coefficient (Wildman–Crippen LogP) is 3.11. The van der Waals surface area contributed by atoms with Gasteiger partial charge >= 0.3 is 5.97 Å². The third-order valence-electron chi connectivity index (χ3n) is 2.86. The van der Waals surface area contributed by atoms with Crippen molar-refractivity contribution < 1.29 is 14.7 Å². The molecule has 0 saturated heterocycles. The quantitative estimate of drug-likeness (QED) is 0.708. The van der Waals surface area contributed by atoms with Crippen molar-refractivity contribution in [3.8, 4) is 0 Å². The number of carbonyl (C=O) groups excluding carboxylic acids is 1. The summed E-state index contributed by atoms with van der Waals surface area (Å²) < 4.78 is 0. The summed E-state index contributed by atoms with van der Waals surface area (Å²) in [4.78, 5) is 26.2. The fourth-order valence-electron chi connectivity index (χ4n) is 1.80. The molecule has 1 heterocycles. The molecule has 0 spiro atoms. The molecule has 1 amide bonds. The van der Waals surface area contributed by atoms with Crippen molar-refractivity contribution in [3.63, 3.8) is 0 Å². The molecule has 0 aliphatic rings. The molecular weight excluding hydrogens is 306 g/mol. The molecule has 4 nitrogen and oxygen atoms in total. The topological polar surface area (TPSA) is 57.6 Å². The second-order valence-electron chi connectivity index (χ2n) is 4.96. The Balaban J connectivity index is 2.60. The Morgan fingerprint density at radius 2 is 2.24 bits per heavy atom. The van der Waals surface area contributed by atoms with Gasteiger partial charge in [0.25, 0.3) is 0 Å². The number of aliphatic carboxylic acids is 1. The summed E-state index contributed by atoms with van der Waals surface area (Å²) in [6.07, 6.45) is 1.69. The van der Waals surface area contributed by atoms with Crippen LogP contribution in [0.2, 0.25) is 0 Å². The molecule has 1 unspecified atom stereocenters. The van der Waals surface area contributed by atoms with Crippen LogP contribution in [0.5, 0.6) is 0 Å². The van der Waals surface area contributed by atoms with Crippen molar-refractivity contribution >= 4 is 35.0 Å². The van der Waals surface area contributed by atoms with E-state index < -0.39 is 11.2 Å². The Kier molecular flexibility index (Phi) is 7.53. The number of nitrogens with zero attached hydrogens (tertiary/aromatic N) is 1. The highest BCUT2D eigenvalue weighted by molar-refractivity contribution is 8.01. The van der Waals surface area contributed by atoms with Crippen LogP contribution in [0.3, 0.4) is 0 Å². The number of carbonyl (C=O) groups is 2. The van der Waals surface area contributed by atoms with Gasteiger partial charge in [-0.3, -0.25) is 9.59 Å². The Morgan fingerprint density at radius 3 is 2.71 bits per heavy atom. The molecule has 0 aromatic carbocycles. The Labute approximate surface area is 133 Å². The zero-order valence-corrected chi connectivity index (χ0v) is 14.0. The van der Waals surface area contributed by atoms with Gasteiger partial charge in [-0.15, -0.1) is 29.7 Å². The average molecular weight is 327 g/mol. The van der Waals surface area contributed by atoms with E-state index in [9.17, 15) is 9.59 Å². The minimum Gasteiger partial charge on any atom is -0.480 e. The largest absolute Gasteiger partial charge is 0.480 e. The lowest BCUT2D eigenvalue weighted by molar-refractivity contribution is -0.137. The van der Waals surface area contributed by atoms with E-state index in [1.54, 1.807) is 22.3 Å². The van der Waals surface area contributed by atoms with E-state index in [2.05, 4.69) is 6.58 Å². The van der Waals surface area contributed by atoms with E-state index in [-0.39, 0.29) is 17.6 Å². The number of carboxylic acid groups (broad SMARTS) is 1. The SMILES string of the molecule is C=CCN(Cc1cccs1)C(=O)CSC(C(=O)O)C(C)C. The maximum atomic E-state index is 12.3. The van der Waals surface area contributed by atoms with Crippen molar-refractivity contribution in [2.24, 2.45) is 5.92 Å². The van der Waals surface area contributed by atoms with Gasteiger partial charge in [-0.05, 0) is 17.4 Å². The minimum atomic E-state index is -0.865. The van der Waals surface area contributed by atoms with Crippen LogP contribution in [0.4, 0.5) is 0 Å². The van der Waals surface area contributed by atoms with Crippen LogP contribution in [-0.2, 0) is 16.1 Å². The van der Waals surface area contributed by atoms with Gasteiger partial charge in [0, 0.05) is 11.4 Å². The van der Waals surface area contributed by atoms with Crippen LogP contribution in [-0.4, -0.2) is 39.4 Å². The first-order valence-electron chi connectivity index (χ1n) is 6.71. The van der Waals surface area contributed by atoms with E-state index in [1.165, 1.54) is 11.8 Å². The molecule has 1 aromatic heterocycles. The highest BCUT2D eigenvalue weighted by Crippen LogP contribution is 2.21. The van der Waals surface area contributed by atoms with Gasteiger partial charge in [-0.1, -0.05) is 26.0 Å². The van der Waals surface area contributed by atoms with Gasteiger partial charge in [-0.25, -0.2) is 0 Å². The van der Waals surface area contributed by atoms with E-state index in [0.717, 1.165) is 4.88 Å². The van der Waals surface area contributed by atoms with Crippen LogP contribution in [0.25, 0.3) is 0 Å². The second-order valence-corrected chi connectivity index (χ2v) is 7.12. The van der Waals surface area contributed by atoms with Gasteiger partial charge < -0.3 is 10.0 Å². The lowest BCUT2D eigenvalue weighted by atomic mass is 10.1. The number of hydrogen-bond donors (Lipinski definition) is 1. The van der Waals surface area contributed by atoms with Crippen molar-refractivity contribution in [2.75, 3.05) is 12.3 Å². The van der Waals surface area contributed by atoms with Crippen molar-refractivity contribution in [2.45, 2.75) is 25.6 Å². The molecule has 0 fully saturated rings. The van der Waals surface area contributed by atoms with Crippen molar-refractivity contribution in [3.05, 3.63) is 35.0 Å². The summed E-state index contributed by atoms with van der Waals surface area (Å²) in [6, 6.07) is 3.93. The molecular formula is C15H21NO3S2. The van der Waals surface area contributed by atoms with Crippen LogP contribution in [0.15, 0.2) is 30.2 Å².